The molecule has 54 valence electrons. The zero-order valence-electron chi connectivity index (χ0n) is 4.74. The second kappa shape index (κ2) is 2.65. The molecule has 1 nitrogen and oxygen atoms in total. The summed E-state index contributed by atoms with van der Waals surface area (Å²) in [6.45, 7) is 0.468. The summed E-state index contributed by atoms with van der Waals surface area (Å²) < 4.78 is 28.8. The van der Waals surface area contributed by atoms with Gasteiger partial charge in [0.25, 0.3) is 0 Å². The van der Waals surface area contributed by atoms with E-state index in [1.807, 2.05) is 0 Å². The number of alkyl halides is 2. The fourth-order valence-corrected chi connectivity index (χ4v) is 1.50. The molecule has 0 radical (unpaired) electrons. The van der Waals surface area contributed by atoms with E-state index >= 15 is 0 Å². The van der Waals surface area contributed by atoms with Crippen molar-refractivity contribution in [2.45, 2.75) is 18.8 Å². The average Bonchev–Trinajstić information content (AvgIpc) is 1.62. The van der Waals surface area contributed by atoms with Gasteiger partial charge in [0.1, 0.15) is 23.0 Å². The van der Waals surface area contributed by atoms with Crippen LogP contribution in [0, 0.1) is 5.92 Å². The van der Waals surface area contributed by atoms with E-state index in [0.29, 0.717) is 6.61 Å². The summed E-state index contributed by atoms with van der Waals surface area (Å²) in [7, 11) is 0. The molecule has 0 aromatic heterocycles. The van der Waals surface area contributed by atoms with Crippen molar-refractivity contribution in [2.24, 2.45) is 5.92 Å². The fourth-order valence-electron chi connectivity index (χ4n) is 0.992. The predicted molar refractivity (Wildman–Crippen MR) is 37.6 cm³/mol. The summed E-state index contributed by atoms with van der Waals surface area (Å²) >= 11 is 1.73. The first kappa shape index (κ1) is 7.65. The van der Waals surface area contributed by atoms with Crippen molar-refractivity contribution in [3.63, 3.8) is 0 Å². The SMILES string of the molecule is FC1(F)CC(COI)C1. The van der Waals surface area contributed by atoms with Gasteiger partial charge in [-0.05, 0) is 5.92 Å². The van der Waals surface area contributed by atoms with E-state index < -0.39 is 5.92 Å². The van der Waals surface area contributed by atoms with E-state index in [4.69, 9.17) is 0 Å². The van der Waals surface area contributed by atoms with Crippen LogP contribution in [-0.4, -0.2) is 12.5 Å². The molecule has 1 saturated carbocycles. The van der Waals surface area contributed by atoms with Gasteiger partial charge >= 0.3 is 0 Å². The summed E-state index contributed by atoms with van der Waals surface area (Å²) in [6.07, 6.45) is 0.0198. The van der Waals surface area contributed by atoms with Crippen molar-refractivity contribution >= 4 is 23.0 Å². The molecule has 0 aromatic carbocycles. The van der Waals surface area contributed by atoms with Crippen molar-refractivity contribution < 1.29 is 11.8 Å². The van der Waals surface area contributed by atoms with Gasteiger partial charge in [-0.2, -0.15) is 0 Å². The Balaban J connectivity index is 2.12. The Hall–Kier alpha value is 0.550. The molecule has 0 amide bonds. The van der Waals surface area contributed by atoms with E-state index in [1.165, 1.54) is 0 Å². The smallest absolute Gasteiger partial charge is 0.248 e. The molecule has 0 unspecified atom stereocenters. The second-order valence-corrected chi connectivity index (χ2v) is 3.03. The lowest BCUT2D eigenvalue weighted by molar-refractivity contribution is -0.116. The monoisotopic (exact) mass is 248 g/mol. The standard InChI is InChI=1S/C5H7F2IO/c6-5(7)1-4(2-5)3-9-8/h4H,1-3H2. The zero-order valence-corrected chi connectivity index (χ0v) is 6.90. The van der Waals surface area contributed by atoms with Crippen LogP contribution in [-0.2, 0) is 3.07 Å². The molecular formula is C5H7F2IO. The lowest BCUT2D eigenvalue weighted by Gasteiger charge is -2.33. The Bertz CT molecular complexity index is 99.1. The first-order chi connectivity index (χ1) is 4.14. The summed E-state index contributed by atoms with van der Waals surface area (Å²) in [5.41, 5.74) is 0. The molecule has 1 rings (SSSR count). The first-order valence-corrected chi connectivity index (χ1v) is 3.63. The number of hydrogen-bond acceptors (Lipinski definition) is 1. The molecule has 1 aliphatic rings. The quantitative estimate of drug-likeness (QED) is 0.682. The third kappa shape index (κ3) is 2.00. The molecule has 1 aliphatic carbocycles. The number of rotatable bonds is 2. The van der Waals surface area contributed by atoms with Crippen LogP contribution >= 0.6 is 23.0 Å². The molecule has 1 fully saturated rings. The van der Waals surface area contributed by atoms with E-state index in [2.05, 4.69) is 3.07 Å². The molecule has 4 heteroatoms. The van der Waals surface area contributed by atoms with Gasteiger partial charge in [0, 0.05) is 12.8 Å². The van der Waals surface area contributed by atoms with Crippen LogP contribution in [0.3, 0.4) is 0 Å². The van der Waals surface area contributed by atoms with Crippen LogP contribution in [0.4, 0.5) is 8.78 Å². The maximum absolute atomic E-state index is 12.1. The van der Waals surface area contributed by atoms with Crippen molar-refractivity contribution in [3.05, 3.63) is 0 Å². The normalized spacial score (nSPS) is 25.7. The Labute approximate surface area is 66.5 Å². The summed E-state index contributed by atoms with van der Waals surface area (Å²) in [5, 5.41) is 0. The van der Waals surface area contributed by atoms with Crippen molar-refractivity contribution in [1.29, 1.82) is 0 Å². The molecule has 9 heavy (non-hydrogen) atoms. The van der Waals surface area contributed by atoms with Crippen molar-refractivity contribution in [1.82, 2.24) is 0 Å². The predicted octanol–water partition coefficient (Wildman–Crippen LogP) is 2.40. The summed E-state index contributed by atoms with van der Waals surface area (Å²) in [5.74, 6) is -2.29. The van der Waals surface area contributed by atoms with Gasteiger partial charge in [0.2, 0.25) is 5.92 Å². The third-order valence-corrected chi connectivity index (χ3v) is 1.83. The van der Waals surface area contributed by atoms with Crippen LogP contribution < -0.4 is 0 Å². The minimum atomic E-state index is -2.39. The average molecular weight is 248 g/mol. The van der Waals surface area contributed by atoms with Gasteiger partial charge in [-0.25, -0.2) is 8.78 Å². The van der Waals surface area contributed by atoms with Crippen LogP contribution in [0.25, 0.3) is 0 Å². The molecule has 0 spiro atoms. The highest BCUT2D eigenvalue weighted by Gasteiger charge is 2.44. The Morgan fingerprint density at radius 1 is 1.56 bits per heavy atom. The molecule has 0 atom stereocenters. The molecule has 0 N–H and O–H groups in total. The maximum atomic E-state index is 12.1. The lowest BCUT2D eigenvalue weighted by atomic mass is 9.82. The van der Waals surface area contributed by atoms with Gasteiger partial charge in [0.15, 0.2) is 0 Å². The van der Waals surface area contributed by atoms with E-state index in [1.54, 1.807) is 23.0 Å². The highest BCUT2D eigenvalue weighted by atomic mass is 127. The Kier molecular flexibility index (Phi) is 2.26. The van der Waals surface area contributed by atoms with Crippen molar-refractivity contribution in [3.8, 4) is 0 Å². The van der Waals surface area contributed by atoms with E-state index in [-0.39, 0.29) is 18.8 Å². The topological polar surface area (TPSA) is 9.23 Å². The zero-order chi connectivity index (χ0) is 6.91. The minimum absolute atomic E-state index is 0.00992. The number of halogens is 3. The molecular weight excluding hydrogens is 241 g/mol. The first-order valence-electron chi connectivity index (χ1n) is 2.75. The van der Waals surface area contributed by atoms with Gasteiger partial charge in [0.05, 0.1) is 6.61 Å². The van der Waals surface area contributed by atoms with Crippen LogP contribution in [0.2, 0.25) is 0 Å². The van der Waals surface area contributed by atoms with Crippen LogP contribution in [0.1, 0.15) is 12.8 Å². The van der Waals surface area contributed by atoms with Gasteiger partial charge in [-0.15, -0.1) is 0 Å². The highest BCUT2D eigenvalue weighted by molar-refractivity contribution is 14.1. The fraction of sp³-hybridized carbons (Fsp3) is 1.00. The molecule has 0 aromatic rings. The lowest BCUT2D eigenvalue weighted by Crippen LogP contribution is -2.37. The second-order valence-electron chi connectivity index (χ2n) is 2.41. The molecule has 0 saturated heterocycles. The number of hydrogen-bond donors (Lipinski definition) is 0. The molecule has 0 heterocycles. The minimum Gasteiger partial charge on any atom is -0.316 e. The molecule has 0 bridgehead atoms. The van der Waals surface area contributed by atoms with Gasteiger partial charge in [-0.3, -0.25) is 0 Å². The largest absolute Gasteiger partial charge is 0.316 e. The maximum Gasteiger partial charge on any atom is 0.248 e. The van der Waals surface area contributed by atoms with E-state index in [9.17, 15) is 8.78 Å². The van der Waals surface area contributed by atoms with Gasteiger partial charge < -0.3 is 3.07 Å². The van der Waals surface area contributed by atoms with E-state index in [0.717, 1.165) is 0 Å². The Morgan fingerprint density at radius 2 is 2.11 bits per heavy atom. The van der Waals surface area contributed by atoms with Crippen LogP contribution in [0.5, 0.6) is 0 Å². The van der Waals surface area contributed by atoms with Crippen molar-refractivity contribution in [2.75, 3.05) is 6.61 Å². The molecule has 0 aliphatic heterocycles. The summed E-state index contributed by atoms with van der Waals surface area (Å²) in [4.78, 5) is 0. The summed E-state index contributed by atoms with van der Waals surface area (Å²) in [6, 6.07) is 0. The Morgan fingerprint density at radius 3 is 2.44 bits per heavy atom. The third-order valence-electron chi connectivity index (χ3n) is 1.47. The van der Waals surface area contributed by atoms with Gasteiger partial charge in [-0.1, -0.05) is 0 Å². The highest BCUT2D eigenvalue weighted by Crippen LogP contribution is 2.42. The van der Waals surface area contributed by atoms with Crippen LogP contribution in [0.15, 0.2) is 0 Å².